The maximum absolute atomic E-state index is 12.8. The zero-order chi connectivity index (χ0) is 11.0. The third kappa shape index (κ3) is 1.61. The van der Waals surface area contributed by atoms with E-state index >= 15 is 0 Å². The van der Waals surface area contributed by atoms with Gasteiger partial charge in [-0.2, -0.15) is 0 Å². The maximum atomic E-state index is 12.8. The molecule has 0 saturated heterocycles. The fraction of sp³-hybridized carbons (Fsp3) is 0.111. The van der Waals surface area contributed by atoms with E-state index in [1.54, 1.807) is 0 Å². The lowest BCUT2D eigenvalue weighted by Gasteiger charge is -1.96. The Morgan fingerprint density at radius 3 is 2.93 bits per heavy atom. The number of hydrogen-bond donors (Lipinski definition) is 1. The predicted molar refractivity (Wildman–Crippen MR) is 49.6 cm³/mol. The lowest BCUT2D eigenvalue weighted by molar-refractivity contribution is -0.118. The number of carbonyl (C=O) groups excluding carboxylic acids is 1. The van der Waals surface area contributed by atoms with Gasteiger partial charge in [-0.05, 0) is 12.1 Å². The highest BCUT2D eigenvalue weighted by molar-refractivity contribution is 5.78. The SMILES string of the molecule is NC(=O)Cn1c(=O)oc2cc(F)ccc21. The van der Waals surface area contributed by atoms with E-state index in [1.807, 2.05) is 0 Å². The first kappa shape index (κ1) is 9.45. The molecule has 0 saturated carbocycles. The normalized spacial score (nSPS) is 10.7. The molecule has 1 aromatic carbocycles. The van der Waals surface area contributed by atoms with Crippen molar-refractivity contribution in [2.75, 3.05) is 0 Å². The van der Waals surface area contributed by atoms with Crippen molar-refractivity contribution in [1.29, 1.82) is 0 Å². The Kier molecular flexibility index (Phi) is 2.03. The van der Waals surface area contributed by atoms with Gasteiger partial charge in [0.05, 0.1) is 5.52 Å². The van der Waals surface area contributed by atoms with Crippen LogP contribution in [0, 0.1) is 5.82 Å². The highest BCUT2D eigenvalue weighted by Crippen LogP contribution is 2.13. The van der Waals surface area contributed by atoms with E-state index in [0.717, 1.165) is 10.6 Å². The fourth-order valence-corrected chi connectivity index (χ4v) is 1.35. The van der Waals surface area contributed by atoms with Crippen LogP contribution >= 0.6 is 0 Å². The van der Waals surface area contributed by atoms with Crippen molar-refractivity contribution in [1.82, 2.24) is 4.57 Å². The van der Waals surface area contributed by atoms with E-state index in [2.05, 4.69) is 0 Å². The van der Waals surface area contributed by atoms with E-state index in [1.165, 1.54) is 12.1 Å². The van der Waals surface area contributed by atoms with Gasteiger partial charge in [0.2, 0.25) is 5.91 Å². The monoisotopic (exact) mass is 210 g/mol. The molecule has 78 valence electrons. The van der Waals surface area contributed by atoms with Gasteiger partial charge in [-0.3, -0.25) is 9.36 Å². The molecule has 1 aromatic heterocycles. The number of hydrogen-bond acceptors (Lipinski definition) is 3. The van der Waals surface area contributed by atoms with Gasteiger partial charge in [-0.15, -0.1) is 0 Å². The highest BCUT2D eigenvalue weighted by atomic mass is 19.1. The topological polar surface area (TPSA) is 78.2 Å². The van der Waals surface area contributed by atoms with Crippen LogP contribution in [-0.4, -0.2) is 10.5 Å². The molecule has 0 atom stereocenters. The van der Waals surface area contributed by atoms with Crippen molar-refractivity contribution in [2.24, 2.45) is 5.73 Å². The molecular formula is C9H7FN2O3. The first-order chi connectivity index (χ1) is 7.08. The van der Waals surface area contributed by atoms with Crippen molar-refractivity contribution in [3.05, 3.63) is 34.6 Å². The number of halogens is 1. The van der Waals surface area contributed by atoms with Crippen LogP contribution in [0.3, 0.4) is 0 Å². The molecule has 0 fully saturated rings. The van der Waals surface area contributed by atoms with Gasteiger partial charge in [0, 0.05) is 6.07 Å². The molecule has 2 aromatic rings. The Balaban J connectivity index is 2.68. The second kappa shape index (κ2) is 3.23. The van der Waals surface area contributed by atoms with Crippen LogP contribution in [0.1, 0.15) is 0 Å². The maximum Gasteiger partial charge on any atom is 0.420 e. The van der Waals surface area contributed by atoms with Gasteiger partial charge < -0.3 is 10.2 Å². The third-order valence-corrected chi connectivity index (χ3v) is 1.94. The molecule has 0 aliphatic carbocycles. The largest absolute Gasteiger partial charge is 0.420 e. The number of carbonyl (C=O) groups is 1. The predicted octanol–water partition coefficient (Wildman–Crippen LogP) is 0.219. The van der Waals surface area contributed by atoms with Crippen molar-refractivity contribution in [3.8, 4) is 0 Å². The molecule has 0 spiro atoms. The number of nitrogens with zero attached hydrogens (tertiary/aromatic N) is 1. The van der Waals surface area contributed by atoms with Gasteiger partial charge in [0.1, 0.15) is 12.4 Å². The minimum atomic E-state index is -0.727. The Labute approximate surface area is 82.9 Å². The van der Waals surface area contributed by atoms with Crippen LogP contribution in [0.25, 0.3) is 11.1 Å². The fourth-order valence-electron chi connectivity index (χ4n) is 1.35. The van der Waals surface area contributed by atoms with Crippen molar-refractivity contribution < 1.29 is 13.6 Å². The van der Waals surface area contributed by atoms with E-state index in [-0.39, 0.29) is 12.1 Å². The molecule has 0 aliphatic rings. The summed E-state index contributed by atoms with van der Waals surface area (Å²) in [6, 6.07) is 3.61. The summed E-state index contributed by atoms with van der Waals surface area (Å²) in [6.45, 7) is -0.280. The highest BCUT2D eigenvalue weighted by Gasteiger charge is 2.11. The summed E-state index contributed by atoms with van der Waals surface area (Å²) in [5, 5.41) is 0. The van der Waals surface area contributed by atoms with Crippen LogP contribution in [0.2, 0.25) is 0 Å². The number of oxazole rings is 1. The summed E-state index contributed by atoms with van der Waals surface area (Å²) in [4.78, 5) is 21.9. The second-order valence-electron chi connectivity index (χ2n) is 3.03. The number of benzene rings is 1. The summed E-state index contributed by atoms with van der Waals surface area (Å²) < 4.78 is 18.6. The van der Waals surface area contributed by atoms with Crippen molar-refractivity contribution >= 4 is 17.0 Å². The smallest absolute Gasteiger partial charge is 0.408 e. The summed E-state index contributed by atoms with van der Waals surface area (Å²) in [6.07, 6.45) is 0. The van der Waals surface area contributed by atoms with Crippen LogP contribution < -0.4 is 11.5 Å². The lowest BCUT2D eigenvalue weighted by Crippen LogP contribution is -2.24. The molecule has 1 amide bonds. The summed E-state index contributed by atoms with van der Waals surface area (Å²) in [5.41, 5.74) is 5.40. The second-order valence-corrected chi connectivity index (χ2v) is 3.03. The molecule has 1 heterocycles. The molecule has 2 rings (SSSR count). The van der Waals surface area contributed by atoms with E-state index in [9.17, 15) is 14.0 Å². The Morgan fingerprint density at radius 2 is 2.27 bits per heavy atom. The van der Waals surface area contributed by atoms with Gasteiger partial charge in [0.25, 0.3) is 0 Å². The third-order valence-electron chi connectivity index (χ3n) is 1.94. The summed E-state index contributed by atoms with van der Waals surface area (Å²) >= 11 is 0. The average Bonchev–Trinajstić information content (AvgIpc) is 2.41. The number of amides is 1. The minimum absolute atomic E-state index is 0.0984. The number of nitrogens with two attached hydrogens (primary N) is 1. The molecule has 15 heavy (non-hydrogen) atoms. The quantitative estimate of drug-likeness (QED) is 0.770. The molecule has 0 radical (unpaired) electrons. The minimum Gasteiger partial charge on any atom is -0.408 e. The molecule has 2 N–H and O–H groups in total. The Morgan fingerprint density at radius 1 is 1.53 bits per heavy atom. The molecule has 0 unspecified atom stereocenters. The average molecular weight is 210 g/mol. The summed E-state index contributed by atoms with van der Waals surface area (Å²) in [5.74, 6) is -1.90. The van der Waals surface area contributed by atoms with E-state index in [0.29, 0.717) is 5.52 Å². The zero-order valence-electron chi connectivity index (χ0n) is 7.57. The first-order valence-electron chi connectivity index (χ1n) is 4.15. The summed E-state index contributed by atoms with van der Waals surface area (Å²) in [7, 11) is 0. The van der Waals surface area contributed by atoms with Crippen LogP contribution in [0.15, 0.2) is 27.4 Å². The number of aromatic nitrogens is 1. The van der Waals surface area contributed by atoms with Gasteiger partial charge >= 0.3 is 5.76 Å². The van der Waals surface area contributed by atoms with E-state index in [4.69, 9.17) is 10.2 Å². The van der Waals surface area contributed by atoms with Crippen LogP contribution in [0.4, 0.5) is 4.39 Å². The van der Waals surface area contributed by atoms with Gasteiger partial charge in [-0.1, -0.05) is 0 Å². The standard InChI is InChI=1S/C9H7FN2O3/c10-5-1-2-6-7(3-5)15-9(14)12(6)4-8(11)13/h1-3H,4H2,(H2,11,13). The Bertz CT molecular complexity index is 585. The van der Waals surface area contributed by atoms with Crippen LogP contribution in [0.5, 0.6) is 0 Å². The van der Waals surface area contributed by atoms with Crippen molar-refractivity contribution in [3.63, 3.8) is 0 Å². The van der Waals surface area contributed by atoms with Gasteiger partial charge in [-0.25, -0.2) is 9.18 Å². The zero-order valence-corrected chi connectivity index (χ0v) is 7.57. The number of rotatable bonds is 2. The van der Waals surface area contributed by atoms with Crippen molar-refractivity contribution in [2.45, 2.75) is 6.54 Å². The Hall–Kier alpha value is -2.11. The molecular weight excluding hydrogens is 203 g/mol. The van der Waals surface area contributed by atoms with E-state index < -0.39 is 17.5 Å². The first-order valence-corrected chi connectivity index (χ1v) is 4.15. The molecule has 0 bridgehead atoms. The molecule has 6 heteroatoms. The van der Waals surface area contributed by atoms with Gasteiger partial charge in [0.15, 0.2) is 5.58 Å². The van der Waals surface area contributed by atoms with Crippen LogP contribution in [-0.2, 0) is 11.3 Å². The molecule has 0 aliphatic heterocycles. The molecule has 5 nitrogen and oxygen atoms in total. The lowest BCUT2D eigenvalue weighted by atomic mass is 10.3. The number of primary amides is 1. The number of fused-ring (bicyclic) bond motifs is 1.